The number of nitrogens with zero attached hydrogens (tertiary/aromatic N) is 2. The number of nitro benzene ring substituents is 1. The van der Waals surface area contributed by atoms with E-state index in [1.165, 1.54) is 6.07 Å². The number of thioether (sulfide) groups is 1. The maximum absolute atomic E-state index is 13.1. The minimum absolute atomic E-state index is 0.0592. The van der Waals surface area contributed by atoms with Crippen molar-refractivity contribution in [3.63, 3.8) is 0 Å². The molecular formula is C22H15N3O3S. The lowest BCUT2D eigenvalue weighted by molar-refractivity contribution is -0.385. The molecular weight excluding hydrogens is 386 g/mol. The van der Waals surface area contributed by atoms with Gasteiger partial charge in [0.05, 0.1) is 26.4 Å². The van der Waals surface area contributed by atoms with Crippen LogP contribution < -0.4 is 0 Å². The predicted octanol–water partition coefficient (Wildman–Crippen LogP) is 5.49. The maximum Gasteiger partial charge on any atom is 0.276 e. The second-order valence-electron chi connectivity index (χ2n) is 6.18. The number of allylic oxidation sites excluding steroid dienone is 1. The molecule has 4 aromatic rings. The molecule has 4 rings (SSSR count). The molecule has 0 amide bonds. The molecule has 6 nitrogen and oxygen atoms in total. The van der Waals surface area contributed by atoms with Gasteiger partial charge in [-0.15, -0.1) is 0 Å². The summed E-state index contributed by atoms with van der Waals surface area (Å²) in [5.41, 5.74) is 2.44. The Morgan fingerprint density at radius 1 is 0.966 bits per heavy atom. The number of ketones is 1. The van der Waals surface area contributed by atoms with Gasteiger partial charge in [0, 0.05) is 11.6 Å². The third-order valence-electron chi connectivity index (χ3n) is 4.25. The average Bonchev–Trinajstić information content (AvgIpc) is 3.16. The highest BCUT2D eigenvalue weighted by atomic mass is 32.2. The van der Waals surface area contributed by atoms with Gasteiger partial charge in [0.15, 0.2) is 10.9 Å². The normalized spacial score (nSPS) is 11.5. The smallest absolute Gasteiger partial charge is 0.276 e. The Balaban J connectivity index is 1.79. The lowest BCUT2D eigenvalue weighted by atomic mass is 10.1. The van der Waals surface area contributed by atoms with Crippen LogP contribution in [0.2, 0.25) is 0 Å². The lowest BCUT2D eigenvalue weighted by Gasteiger charge is -2.06. The molecule has 7 heteroatoms. The summed E-state index contributed by atoms with van der Waals surface area (Å²) >= 11 is 1.15. The Labute approximate surface area is 170 Å². The molecule has 3 aromatic carbocycles. The van der Waals surface area contributed by atoms with Crippen molar-refractivity contribution in [3.8, 4) is 0 Å². The van der Waals surface area contributed by atoms with Gasteiger partial charge in [-0.25, -0.2) is 4.98 Å². The zero-order chi connectivity index (χ0) is 20.2. The van der Waals surface area contributed by atoms with Crippen molar-refractivity contribution in [2.75, 3.05) is 0 Å². The van der Waals surface area contributed by atoms with Crippen molar-refractivity contribution in [3.05, 3.63) is 105 Å². The third kappa shape index (κ3) is 4.09. The van der Waals surface area contributed by atoms with E-state index in [9.17, 15) is 14.9 Å². The van der Waals surface area contributed by atoms with E-state index >= 15 is 0 Å². The Bertz CT molecular complexity index is 1200. The molecule has 142 valence electrons. The summed E-state index contributed by atoms with van der Waals surface area (Å²) in [6.45, 7) is 0. The fourth-order valence-corrected chi connectivity index (χ4v) is 3.78. The summed E-state index contributed by atoms with van der Waals surface area (Å²) in [5, 5.41) is 11.9. The van der Waals surface area contributed by atoms with Gasteiger partial charge in [-0.3, -0.25) is 14.9 Å². The molecule has 0 fully saturated rings. The first kappa shape index (κ1) is 18.6. The molecule has 29 heavy (non-hydrogen) atoms. The number of nitrogens with one attached hydrogen (secondary N) is 1. The number of nitro groups is 1. The van der Waals surface area contributed by atoms with Crippen LogP contribution in [-0.4, -0.2) is 20.7 Å². The average molecular weight is 401 g/mol. The molecule has 0 atom stereocenters. The van der Waals surface area contributed by atoms with Crippen LogP contribution in [0.3, 0.4) is 0 Å². The van der Waals surface area contributed by atoms with Crippen molar-refractivity contribution >= 4 is 40.3 Å². The number of para-hydroxylation sites is 3. The number of imidazole rings is 1. The van der Waals surface area contributed by atoms with E-state index in [2.05, 4.69) is 9.97 Å². The number of hydrogen-bond acceptors (Lipinski definition) is 5. The molecule has 0 saturated heterocycles. The van der Waals surface area contributed by atoms with E-state index in [-0.39, 0.29) is 11.5 Å². The molecule has 1 heterocycles. The molecule has 0 radical (unpaired) electrons. The summed E-state index contributed by atoms with van der Waals surface area (Å²) in [5.74, 6) is -0.228. The largest absolute Gasteiger partial charge is 0.333 e. The number of aromatic amines is 1. The lowest BCUT2D eigenvalue weighted by Crippen LogP contribution is -2.01. The van der Waals surface area contributed by atoms with Gasteiger partial charge >= 0.3 is 0 Å². The maximum atomic E-state index is 13.1. The predicted molar refractivity (Wildman–Crippen MR) is 114 cm³/mol. The van der Waals surface area contributed by atoms with Gasteiger partial charge in [0.2, 0.25) is 0 Å². The van der Waals surface area contributed by atoms with Crippen molar-refractivity contribution in [2.45, 2.75) is 5.16 Å². The Kier molecular flexibility index (Phi) is 5.22. The van der Waals surface area contributed by atoms with Crippen LogP contribution in [0.25, 0.3) is 17.1 Å². The summed E-state index contributed by atoms with van der Waals surface area (Å²) in [4.78, 5) is 32.1. The van der Waals surface area contributed by atoms with E-state index in [1.807, 2.05) is 30.3 Å². The molecule has 0 unspecified atom stereocenters. The Morgan fingerprint density at radius 3 is 2.41 bits per heavy atom. The first-order chi connectivity index (χ1) is 14.1. The number of rotatable bonds is 6. The van der Waals surface area contributed by atoms with Crippen molar-refractivity contribution < 1.29 is 9.72 Å². The van der Waals surface area contributed by atoms with Gasteiger partial charge in [-0.05, 0) is 36.0 Å². The van der Waals surface area contributed by atoms with E-state index in [1.54, 1.807) is 48.5 Å². The molecule has 0 bridgehead atoms. The minimum Gasteiger partial charge on any atom is -0.333 e. The number of aromatic nitrogens is 2. The number of hydrogen-bond donors (Lipinski definition) is 1. The standard InChI is InChI=1S/C22H15N3O3S/c26-21(15-8-2-1-3-9-15)20(14-16-10-4-7-13-19(16)25(27)28)29-22-23-17-11-5-6-12-18(17)24-22/h1-14H,(H,23,24)/b20-14-. The number of fused-ring (bicyclic) bond motifs is 1. The molecule has 0 aliphatic rings. The van der Waals surface area contributed by atoms with Crippen LogP contribution >= 0.6 is 11.8 Å². The van der Waals surface area contributed by atoms with Crippen LogP contribution in [0.5, 0.6) is 0 Å². The fraction of sp³-hybridized carbons (Fsp3) is 0. The highest BCUT2D eigenvalue weighted by Crippen LogP contribution is 2.32. The van der Waals surface area contributed by atoms with Gasteiger partial charge in [0.1, 0.15) is 0 Å². The summed E-state index contributed by atoms with van der Waals surface area (Å²) < 4.78 is 0. The van der Waals surface area contributed by atoms with Crippen LogP contribution in [0.4, 0.5) is 5.69 Å². The topological polar surface area (TPSA) is 88.9 Å². The van der Waals surface area contributed by atoms with Crippen molar-refractivity contribution in [1.29, 1.82) is 0 Å². The number of carbonyl (C=O) groups is 1. The summed E-state index contributed by atoms with van der Waals surface area (Å²) in [6.07, 6.45) is 1.55. The van der Waals surface area contributed by atoms with Crippen molar-refractivity contribution in [2.24, 2.45) is 0 Å². The highest BCUT2D eigenvalue weighted by molar-refractivity contribution is 8.04. The van der Waals surface area contributed by atoms with E-state index < -0.39 is 4.92 Å². The van der Waals surface area contributed by atoms with Gasteiger partial charge in [0.25, 0.3) is 5.69 Å². The van der Waals surface area contributed by atoms with Crippen LogP contribution in [0.1, 0.15) is 15.9 Å². The van der Waals surface area contributed by atoms with Crippen LogP contribution in [-0.2, 0) is 0 Å². The second kappa shape index (κ2) is 8.12. The molecule has 1 N–H and O–H groups in total. The monoisotopic (exact) mass is 401 g/mol. The van der Waals surface area contributed by atoms with Crippen molar-refractivity contribution in [1.82, 2.24) is 9.97 Å². The van der Waals surface area contributed by atoms with E-state index in [4.69, 9.17) is 0 Å². The molecule has 0 spiro atoms. The van der Waals surface area contributed by atoms with Gasteiger partial charge in [-0.1, -0.05) is 54.6 Å². The van der Waals surface area contributed by atoms with E-state index in [0.717, 1.165) is 22.8 Å². The number of benzene rings is 3. The number of Topliss-reactive ketones (excluding diaryl/α,β-unsaturated/α-hetero) is 1. The first-order valence-corrected chi connectivity index (χ1v) is 9.61. The quantitative estimate of drug-likeness (QED) is 0.152. The third-order valence-corrected chi connectivity index (χ3v) is 5.16. The van der Waals surface area contributed by atoms with E-state index in [0.29, 0.717) is 21.2 Å². The molecule has 0 aliphatic carbocycles. The molecule has 0 aliphatic heterocycles. The van der Waals surface area contributed by atoms with Crippen LogP contribution in [0.15, 0.2) is 88.9 Å². The zero-order valence-electron chi connectivity index (χ0n) is 15.1. The Morgan fingerprint density at radius 2 is 1.66 bits per heavy atom. The minimum atomic E-state index is -0.456. The van der Waals surface area contributed by atoms with Crippen LogP contribution in [0, 0.1) is 10.1 Å². The fourth-order valence-electron chi connectivity index (χ4n) is 2.87. The highest BCUT2D eigenvalue weighted by Gasteiger charge is 2.19. The van der Waals surface area contributed by atoms with Gasteiger partial charge in [-0.2, -0.15) is 0 Å². The first-order valence-electron chi connectivity index (χ1n) is 8.79. The SMILES string of the molecule is O=C(/C(=C/c1ccccc1[N+](=O)[O-])Sc1nc2ccccc2[nH]1)c1ccccc1. The summed E-state index contributed by atoms with van der Waals surface area (Å²) in [7, 11) is 0. The number of H-pyrrole nitrogens is 1. The summed E-state index contributed by atoms with van der Waals surface area (Å²) in [6, 6.07) is 22.7. The number of carbonyl (C=O) groups excluding carboxylic acids is 1. The molecule has 1 aromatic heterocycles. The zero-order valence-corrected chi connectivity index (χ0v) is 15.9. The molecule has 0 saturated carbocycles. The second-order valence-corrected chi connectivity index (χ2v) is 7.21. The van der Waals surface area contributed by atoms with Gasteiger partial charge < -0.3 is 4.98 Å². The Hall–Kier alpha value is -3.71.